The van der Waals surface area contributed by atoms with Gasteiger partial charge in [-0.1, -0.05) is 44.7 Å². The van der Waals surface area contributed by atoms with Gasteiger partial charge in [-0.05, 0) is 37.0 Å². The quantitative estimate of drug-likeness (QED) is 0.600. The predicted molar refractivity (Wildman–Crippen MR) is 128 cm³/mol. The normalized spacial score (nSPS) is 14.3. The molecule has 1 aliphatic carbocycles. The summed E-state index contributed by atoms with van der Waals surface area (Å²) in [6, 6.07) is 6.26. The number of carbonyl (C=O) groups is 1. The van der Waals surface area contributed by atoms with E-state index in [-0.39, 0.29) is 35.8 Å². The van der Waals surface area contributed by atoms with Crippen molar-refractivity contribution in [1.82, 2.24) is 14.5 Å². The van der Waals surface area contributed by atoms with Gasteiger partial charge < -0.3 is 15.5 Å². The highest BCUT2D eigenvalue weighted by Gasteiger charge is 2.27. The molecule has 33 heavy (non-hydrogen) atoms. The predicted octanol–water partition coefficient (Wildman–Crippen LogP) is 2.86. The highest BCUT2D eigenvalue weighted by molar-refractivity contribution is 5.82. The summed E-state index contributed by atoms with van der Waals surface area (Å²) >= 11 is 0. The molecular weight excluding hydrogens is 425 g/mol. The Hall–Kier alpha value is -3.10. The van der Waals surface area contributed by atoms with E-state index in [1.54, 1.807) is 19.2 Å². The van der Waals surface area contributed by atoms with Crippen molar-refractivity contribution >= 4 is 17.4 Å². The number of carbonyl (C=O) groups excluding carboxylic acids is 1. The number of rotatable bonds is 9. The first kappa shape index (κ1) is 24.5. The summed E-state index contributed by atoms with van der Waals surface area (Å²) in [5, 5.41) is 0. The van der Waals surface area contributed by atoms with Crippen molar-refractivity contribution < 1.29 is 9.18 Å². The molecule has 1 aromatic carbocycles. The van der Waals surface area contributed by atoms with E-state index < -0.39 is 11.2 Å². The summed E-state index contributed by atoms with van der Waals surface area (Å²) in [6.45, 7) is 2.71. The van der Waals surface area contributed by atoms with Crippen LogP contribution < -0.4 is 21.9 Å². The maximum Gasteiger partial charge on any atom is 0.330 e. The lowest BCUT2D eigenvalue weighted by Crippen LogP contribution is -2.46. The number of likely N-dealkylation sites (N-methyl/N-ethyl adjacent to an activating group) is 1. The summed E-state index contributed by atoms with van der Waals surface area (Å²) < 4.78 is 14.7. The molecule has 0 atom stereocenters. The van der Waals surface area contributed by atoms with Gasteiger partial charge in [-0.25, -0.2) is 9.18 Å². The van der Waals surface area contributed by atoms with Crippen LogP contribution in [-0.2, 0) is 17.9 Å². The molecular formula is C24H34FN5O3. The zero-order valence-electron chi connectivity index (χ0n) is 19.5. The highest BCUT2D eigenvalue weighted by Crippen LogP contribution is 2.25. The average molecular weight is 460 g/mol. The van der Waals surface area contributed by atoms with Gasteiger partial charge in [-0.15, -0.1) is 0 Å². The third-order valence-corrected chi connectivity index (χ3v) is 6.31. The molecule has 1 aliphatic rings. The summed E-state index contributed by atoms with van der Waals surface area (Å²) in [7, 11) is 1.63. The fraction of sp³-hybridized carbons (Fsp3) is 0.542. The Morgan fingerprint density at radius 2 is 1.85 bits per heavy atom. The molecule has 0 bridgehead atoms. The lowest BCUT2D eigenvalue weighted by molar-refractivity contribution is -0.133. The Morgan fingerprint density at radius 1 is 1.18 bits per heavy atom. The second kappa shape index (κ2) is 11.2. The standard InChI is InChI=1S/C24H34FN5O3/c1-3-4-14-29-22(26)21(23(32)27-24(29)33)28(2)16-20(31)30(19-8-6-5-7-9-19)15-17-10-12-18(25)13-11-17/h10-13,19H,3-9,14-16,26H2,1-2H3,(H,27,32,33). The number of nitrogens with two attached hydrogens (primary N) is 1. The van der Waals surface area contributed by atoms with E-state index in [2.05, 4.69) is 4.98 Å². The maximum absolute atomic E-state index is 13.4. The van der Waals surface area contributed by atoms with Gasteiger partial charge in [0, 0.05) is 26.2 Å². The van der Waals surface area contributed by atoms with Crippen LogP contribution in [0.25, 0.3) is 0 Å². The number of unbranched alkanes of at least 4 members (excludes halogenated alkanes) is 1. The van der Waals surface area contributed by atoms with Crippen LogP contribution in [0.5, 0.6) is 0 Å². The van der Waals surface area contributed by atoms with Crippen molar-refractivity contribution in [2.24, 2.45) is 0 Å². The molecule has 1 fully saturated rings. The Balaban J connectivity index is 1.84. The summed E-state index contributed by atoms with van der Waals surface area (Å²) in [5.74, 6) is -0.393. The number of H-pyrrole nitrogens is 1. The minimum absolute atomic E-state index is 0.0586. The molecule has 0 aliphatic heterocycles. The van der Waals surface area contributed by atoms with E-state index in [9.17, 15) is 18.8 Å². The number of aromatic nitrogens is 2. The lowest BCUT2D eigenvalue weighted by Gasteiger charge is -2.36. The first-order chi connectivity index (χ1) is 15.8. The number of nitrogens with one attached hydrogen (secondary N) is 1. The zero-order valence-corrected chi connectivity index (χ0v) is 19.5. The molecule has 1 amide bonds. The number of hydrogen-bond acceptors (Lipinski definition) is 5. The third-order valence-electron chi connectivity index (χ3n) is 6.31. The summed E-state index contributed by atoms with van der Waals surface area (Å²) in [6.07, 6.45) is 6.72. The molecule has 0 unspecified atom stereocenters. The van der Waals surface area contributed by atoms with Gasteiger partial charge in [0.1, 0.15) is 17.3 Å². The summed E-state index contributed by atoms with van der Waals surface area (Å²) in [4.78, 5) is 43.9. The van der Waals surface area contributed by atoms with E-state index in [0.29, 0.717) is 13.1 Å². The molecule has 2 aromatic rings. The number of hydrogen-bond donors (Lipinski definition) is 2. The van der Waals surface area contributed by atoms with Gasteiger partial charge in [-0.2, -0.15) is 0 Å². The monoisotopic (exact) mass is 459 g/mol. The van der Waals surface area contributed by atoms with Crippen molar-refractivity contribution in [3.8, 4) is 0 Å². The molecule has 3 rings (SSSR count). The number of aromatic amines is 1. The zero-order chi connectivity index (χ0) is 24.0. The number of halogens is 1. The molecule has 9 heteroatoms. The molecule has 0 saturated heterocycles. The fourth-order valence-corrected chi connectivity index (χ4v) is 4.46. The topological polar surface area (TPSA) is 104 Å². The molecule has 180 valence electrons. The van der Waals surface area contributed by atoms with E-state index >= 15 is 0 Å². The minimum Gasteiger partial charge on any atom is -0.383 e. The number of nitrogens with zero attached hydrogens (tertiary/aromatic N) is 3. The highest BCUT2D eigenvalue weighted by atomic mass is 19.1. The van der Waals surface area contributed by atoms with Crippen LogP contribution >= 0.6 is 0 Å². The van der Waals surface area contributed by atoms with Crippen LogP contribution in [0.3, 0.4) is 0 Å². The van der Waals surface area contributed by atoms with E-state index in [4.69, 9.17) is 5.73 Å². The van der Waals surface area contributed by atoms with Crippen LogP contribution in [0.15, 0.2) is 33.9 Å². The van der Waals surface area contributed by atoms with Crippen LogP contribution in [0.4, 0.5) is 15.9 Å². The third kappa shape index (κ3) is 6.03. The lowest BCUT2D eigenvalue weighted by atomic mass is 9.93. The van der Waals surface area contributed by atoms with Crippen molar-refractivity contribution in [3.63, 3.8) is 0 Å². The van der Waals surface area contributed by atoms with Gasteiger partial charge in [-0.3, -0.25) is 19.1 Å². The molecule has 3 N–H and O–H groups in total. The average Bonchev–Trinajstić information content (AvgIpc) is 2.78. The Bertz CT molecular complexity index is 1060. The van der Waals surface area contributed by atoms with Crippen LogP contribution in [0, 0.1) is 5.82 Å². The first-order valence-corrected chi connectivity index (χ1v) is 11.7. The van der Waals surface area contributed by atoms with Gasteiger partial charge in [0.25, 0.3) is 5.56 Å². The van der Waals surface area contributed by atoms with Gasteiger partial charge in [0.2, 0.25) is 5.91 Å². The smallest absolute Gasteiger partial charge is 0.330 e. The van der Waals surface area contributed by atoms with Crippen molar-refractivity contribution in [2.45, 2.75) is 71.0 Å². The molecule has 0 radical (unpaired) electrons. The number of anilines is 2. The van der Waals surface area contributed by atoms with Crippen LogP contribution in [-0.4, -0.2) is 40.0 Å². The second-order valence-electron chi connectivity index (χ2n) is 8.79. The van der Waals surface area contributed by atoms with E-state index in [1.165, 1.54) is 21.6 Å². The van der Waals surface area contributed by atoms with Crippen molar-refractivity contribution in [3.05, 3.63) is 56.5 Å². The van der Waals surface area contributed by atoms with Crippen LogP contribution in [0.1, 0.15) is 57.4 Å². The first-order valence-electron chi connectivity index (χ1n) is 11.7. The van der Waals surface area contributed by atoms with Crippen molar-refractivity contribution in [1.29, 1.82) is 0 Å². The second-order valence-corrected chi connectivity index (χ2v) is 8.79. The Labute approximate surface area is 193 Å². The molecule has 1 saturated carbocycles. The number of nitrogen functional groups attached to an aromatic ring is 1. The summed E-state index contributed by atoms with van der Waals surface area (Å²) in [5.41, 5.74) is 6.01. The van der Waals surface area contributed by atoms with Gasteiger partial charge in [0.05, 0.1) is 6.54 Å². The molecule has 1 aromatic heterocycles. The Morgan fingerprint density at radius 3 is 2.48 bits per heavy atom. The fourth-order valence-electron chi connectivity index (χ4n) is 4.46. The largest absolute Gasteiger partial charge is 0.383 e. The SMILES string of the molecule is CCCCn1c(N)c(N(C)CC(=O)N(Cc2ccc(F)cc2)C2CCCCC2)c(=O)[nH]c1=O. The minimum atomic E-state index is -0.608. The number of benzene rings is 1. The number of amides is 1. The van der Waals surface area contributed by atoms with Crippen LogP contribution in [0.2, 0.25) is 0 Å². The Kier molecular flexibility index (Phi) is 8.30. The molecule has 1 heterocycles. The maximum atomic E-state index is 13.4. The van der Waals surface area contributed by atoms with E-state index in [1.807, 2.05) is 11.8 Å². The van der Waals surface area contributed by atoms with Gasteiger partial charge >= 0.3 is 5.69 Å². The molecule has 8 nitrogen and oxygen atoms in total. The van der Waals surface area contributed by atoms with Gasteiger partial charge in [0.15, 0.2) is 0 Å². The van der Waals surface area contributed by atoms with E-state index in [0.717, 1.165) is 50.5 Å². The molecule has 0 spiro atoms. The van der Waals surface area contributed by atoms with Crippen molar-refractivity contribution in [2.75, 3.05) is 24.2 Å².